The minimum absolute atomic E-state index is 0.0172. The number of rotatable bonds is 8. The van der Waals surface area contributed by atoms with E-state index in [0.717, 1.165) is 5.56 Å². The van der Waals surface area contributed by atoms with Gasteiger partial charge in [0.05, 0.1) is 5.69 Å². The van der Waals surface area contributed by atoms with E-state index >= 15 is 0 Å². The van der Waals surface area contributed by atoms with Gasteiger partial charge in [-0.3, -0.25) is 19.4 Å². The zero-order valence-electron chi connectivity index (χ0n) is 17.9. The maximum Gasteiger partial charge on any atom is 0.303 e. The molecule has 9 heteroatoms. The number of nitrogens with zero attached hydrogens (tertiary/aromatic N) is 3. The van der Waals surface area contributed by atoms with Gasteiger partial charge in [-0.15, -0.1) is 5.11 Å². The molecule has 2 aromatic rings. The first-order chi connectivity index (χ1) is 15.3. The summed E-state index contributed by atoms with van der Waals surface area (Å²) in [6, 6.07) is 4.15. The van der Waals surface area contributed by atoms with Crippen LogP contribution in [0.4, 0.5) is 10.1 Å². The van der Waals surface area contributed by atoms with Crippen LogP contribution in [0.15, 0.2) is 62.8 Å². The summed E-state index contributed by atoms with van der Waals surface area (Å²) in [7, 11) is 0. The molecule has 1 unspecified atom stereocenters. The van der Waals surface area contributed by atoms with Crippen LogP contribution in [0.2, 0.25) is 0 Å². The van der Waals surface area contributed by atoms with Crippen LogP contribution < -0.4 is 5.56 Å². The van der Waals surface area contributed by atoms with E-state index in [1.54, 1.807) is 44.2 Å². The molecule has 0 spiro atoms. The molecule has 3 rings (SSSR count). The molecule has 0 radical (unpaired) electrons. The number of nitrogens with one attached hydrogen (secondary N) is 1. The topological polar surface area (TPSA) is 120 Å². The summed E-state index contributed by atoms with van der Waals surface area (Å²) >= 11 is 0. The molecule has 1 atom stereocenters. The van der Waals surface area contributed by atoms with E-state index in [2.05, 4.69) is 15.3 Å². The number of aromatic amines is 1. The van der Waals surface area contributed by atoms with Crippen molar-refractivity contribution in [3.63, 3.8) is 0 Å². The number of carboxylic acids is 1. The zero-order valence-corrected chi connectivity index (χ0v) is 17.9. The zero-order chi connectivity index (χ0) is 23.3. The quantitative estimate of drug-likeness (QED) is 0.514. The van der Waals surface area contributed by atoms with Crippen LogP contribution in [0.3, 0.4) is 0 Å². The van der Waals surface area contributed by atoms with Crippen molar-refractivity contribution >= 4 is 17.7 Å². The molecule has 1 aliphatic carbocycles. The normalized spacial score (nSPS) is 16.5. The Morgan fingerprint density at radius 2 is 2.12 bits per heavy atom. The molecule has 0 amide bonds. The molecule has 1 aromatic heterocycles. The summed E-state index contributed by atoms with van der Waals surface area (Å²) in [6.45, 7) is 3.70. The molecule has 1 heterocycles. The second-order valence-electron chi connectivity index (χ2n) is 7.55. The number of hydrogen-bond donors (Lipinski definition) is 3. The van der Waals surface area contributed by atoms with Gasteiger partial charge in [0, 0.05) is 24.1 Å². The Balaban J connectivity index is 1.78. The van der Waals surface area contributed by atoms with Crippen LogP contribution in [-0.4, -0.2) is 32.0 Å². The molecule has 168 valence electrons. The van der Waals surface area contributed by atoms with Crippen molar-refractivity contribution in [3.05, 3.63) is 80.8 Å². The van der Waals surface area contributed by atoms with E-state index in [9.17, 15) is 19.1 Å². The fourth-order valence-electron chi connectivity index (χ4n) is 3.37. The SMILES string of the molecule is Cc1cccc(F)c1/C=C/C1=C(O)C(N=Nc2c(C)[nH]n(CCCC(=O)O)c2=O)CC=C1. The Bertz CT molecular complexity index is 1170. The lowest BCUT2D eigenvalue weighted by Crippen LogP contribution is -2.17. The molecule has 32 heavy (non-hydrogen) atoms. The molecule has 0 aliphatic heterocycles. The Morgan fingerprint density at radius 1 is 1.34 bits per heavy atom. The van der Waals surface area contributed by atoms with Gasteiger partial charge in [0.25, 0.3) is 5.56 Å². The van der Waals surface area contributed by atoms with Crippen LogP contribution >= 0.6 is 0 Å². The Morgan fingerprint density at radius 3 is 2.84 bits per heavy atom. The van der Waals surface area contributed by atoms with Crippen LogP contribution in [0.25, 0.3) is 6.08 Å². The molecular weight excluding hydrogens is 415 g/mol. The number of aliphatic hydroxyl groups excluding tert-OH is 1. The van der Waals surface area contributed by atoms with Crippen molar-refractivity contribution in [2.24, 2.45) is 10.2 Å². The molecule has 0 saturated carbocycles. The molecule has 1 aromatic carbocycles. The Kier molecular flexibility index (Phi) is 7.19. The van der Waals surface area contributed by atoms with Crippen molar-refractivity contribution in [2.45, 2.75) is 45.7 Å². The molecule has 0 fully saturated rings. The Labute approximate surface area is 184 Å². The van der Waals surface area contributed by atoms with E-state index in [0.29, 0.717) is 29.7 Å². The van der Waals surface area contributed by atoms with Crippen LogP contribution in [0.5, 0.6) is 0 Å². The number of hydrogen-bond acceptors (Lipinski definition) is 5. The second-order valence-corrected chi connectivity index (χ2v) is 7.55. The van der Waals surface area contributed by atoms with Crippen LogP contribution in [-0.2, 0) is 11.3 Å². The van der Waals surface area contributed by atoms with E-state index < -0.39 is 17.6 Å². The largest absolute Gasteiger partial charge is 0.509 e. The summed E-state index contributed by atoms with van der Waals surface area (Å²) in [5.74, 6) is -1.29. The predicted octanol–water partition coefficient (Wildman–Crippen LogP) is 4.73. The third-order valence-electron chi connectivity index (χ3n) is 5.14. The van der Waals surface area contributed by atoms with Crippen molar-refractivity contribution < 1.29 is 19.4 Å². The molecule has 0 saturated heterocycles. The monoisotopic (exact) mass is 440 g/mol. The average Bonchev–Trinajstić information content (AvgIpc) is 3.00. The predicted molar refractivity (Wildman–Crippen MR) is 119 cm³/mol. The van der Waals surface area contributed by atoms with Gasteiger partial charge in [-0.05, 0) is 38.3 Å². The first-order valence-corrected chi connectivity index (χ1v) is 10.2. The second kappa shape index (κ2) is 10.0. The number of carbonyl (C=O) groups is 1. The highest BCUT2D eigenvalue weighted by Gasteiger charge is 2.19. The van der Waals surface area contributed by atoms with Gasteiger partial charge in [0.1, 0.15) is 17.6 Å². The summed E-state index contributed by atoms with van der Waals surface area (Å²) in [4.78, 5) is 23.2. The van der Waals surface area contributed by atoms with Gasteiger partial charge >= 0.3 is 5.97 Å². The minimum atomic E-state index is -0.927. The summed E-state index contributed by atoms with van der Waals surface area (Å²) in [5, 5.41) is 30.4. The smallest absolute Gasteiger partial charge is 0.303 e. The van der Waals surface area contributed by atoms with Crippen LogP contribution in [0, 0.1) is 19.7 Å². The van der Waals surface area contributed by atoms with Gasteiger partial charge in [-0.1, -0.05) is 36.4 Å². The van der Waals surface area contributed by atoms with Crippen molar-refractivity contribution in [2.75, 3.05) is 0 Å². The highest BCUT2D eigenvalue weighted by molar-refractivity contribution is 5.66. The highest BCUT2D eigenvalue weighted by Crippen LogP contribution is 2.24. The van der Waals surface area contributed by atoms with E-state index in [1.165, 1.54) is 10.7 Å². The number of benzene rings is 1. The molecule has 1 aliphatic rings. The van der Waals surface area contributed by atoms with Gasteiger partial charge in [-0.25, -0.2) is 4.39 Å². The van der Waals surface area contributed by atoms with Crippen molar-refractivity contribution in [1.82, 2.24) is 9.78 Å². The highest BCUT2D eigenvalue weighted by atomic mass is 19.1. The minimum Gasteiger partial charge on any atom is -0.509 e. The number of carboxylic acid groups (broad SMARTS) is 1. The number of allylic oxidation sites excluding steroid dienone is 3. The first kappa shape index (κ1) is 22.9. The lowest BCUT2D eigenvalue weighted by atomic mass is 9.99. The number of halogens is 1. The summed E-state index contributed by atoms with van der Waals surface area (Å²) in [6.07, 6.45) is 7.44. The molecular formula is C23H25FN4O4. The van der Waals surface area contributed by atoms with E-state index in [1.807, 2.05) is 6.08 Å². The summed E-state index contributed by atoms with van der Waals surface area (Å²) < 4.78 is 15.3. The van der Waals surface area contributed by atoms with Crippen molar-refractivity contribution in [1.29, 1.82) is 0 Å². The van der Waals surface area contributed by atoms with Gasteiger partial charge < -0.3 is 10.2 Å². The number of H-pyrrole nitrogens is 1. The fourth-order valence-corrected chi connectivity index (χ4v) is 3.37. The third kappa shape index (κ3) is 5.29. The number of aromatic nitrogens is 2. The number of aliphatic hydroxyl groups is 1. The number of azo groups is 1. The maximum atomic E-state index is 14.0. The average molecular weight is 440 g/mol. The number of aliphatic carboxylic acids is 1. The van der Waals surface area contributed by atoms with Gasteiger partial charge in [-0.2, -0.15) is 5.11 Å². The van der Waals surface area contributed by atoms with E-state index in [-0.39, 0.29) is 30.2 Å². The molecule has 3 N–H and O–H groups in total. The maximum absolute atomic E-state index is 14.0. The van der Waals surface area contributed by atoms with Gasteiger partial charge in [0.15, 0.2) is 5.69 Å². The van der Waals surface area contributed by atoms with Crippen LogP contribution in [0.1, 0.15) is 36.1 Å². The van der Waals surface area contributed by atoms with E-state index in [4.69, 9.17) is 5.11 Å². The van der Waals surface area contributed by atoms with Gasteiger partial charge in [0.2, 0.25) is 0 Å². The summed E-state index contributed by atoms with van der Waals surface area (Å²) in [5.41, 5.74) is 1.92. The lowest BCUT2D eigenvalue weighted by molar-refractivity contribution is -0.137. The standard InChI is InChI=1S/C23H25FN4O4/c1-14-6-3-8-18(24)17(14)12-11-16-7-4-9-19(22(16)31)25-26-21-15(2)27-28(23(21)32)13-5-10-20(29)30/h3-4,6-8,11-12,19,27,31H,5,9-10,13H2,1-2H3,(H,29,30)/b12-11+,26-25?. The fraction of sp³-hybridized carbons (Fsp3) is 0.304. The van der Waals surface area contributed by atoms with Crippen molar-refractivity contribution in [3.8, 4) is 0 Å². The molecule has 8 nitrogen and oxygen atoms in total. The number of aryl methyl sites for hydroxylation is 3. The third-order valence-corrected chi connectivity index (χ3v) is 5.14. The lowest BCUT2D eigenvalue weighted by Gasteiger charge is -2.14. The first-order valence-electron chi connectivity index (χ1n) is 10.2. The Hall–Kier alpha value is -3.75. The molecule has 0 bridgehead atoms.